The average Bonchev–Trinajstić information content (AvgIpc) is 3.12. The number of non-ortho nitro benzene ring substituents is 1. The first-order valence-electron chi connectivity index (χ1n) is 8.01. The van der Waals surface area contributed by atoms with E-state index in [1.807, 2.05) is 30.3 Å². The molecule has 0 atom stereocenters. The quantitative estimate of drug-likeness (QED) is 0.324. The van der Waals surface area contributed by atoms with Crippen molar-refractivity contribution in [2.45, 2.75) is 10.9 Å². The first-order valence-corrected chi connectivity index (χ1v) is 9.00. The van der Waals surface area contributed by atoms with E-state index in [9.17, 15) is 14.9 Å². The van der Waals surface area contributed by atoms with E-state index in [0.717, 1.165) is 16.7 Å². The fraction of sp³-hybridized carbons (Fsp3) is 0.0556. The van der Waals surface area contributed by atoms with Crippen LogP contribution in [0.3, 0.4) is 0 Å². The topological polar surface area (TPSA) is 106 Å². The number of aromatic nitrogens is 4. The number of hydrogen-bond donors (Lipinski definition) is 1. The summed E-state index contributed by atoms with van der Waals surface area (Å²) in [5.74, 6) is 0.440. The van der Waals surface area contributed by atoms with Gasteiger partial charge in [-0.25, -0.2) is 9.78 Å². The number of nitro benzene ring substituents is 1. The molecule has 8 nitrogen and oxygen atoms in total. The molecule has 2 aromatic heterocycles. The van der Waals surface area contributed by atoms with Crippen LogP contribution in [-0.2, 0) is 5.75 Å². The van der Waals surface area contributed by atoms with E-state index in [4.69, 9.17) is 0 Å². The lowest BCUT2D eigenvalue weighted by molar-refractivity contribution is -0.384. The molecule has 0 radical (unpaired) electrons. The van der Waals surface area contributed by atoms with Gasteiger partial charge in [0, 0.05) is 23.4 Å². The van der Waals surface area contributed by atoms with Gasteiger partial charge in [0.1, 0.15) is 0 Å². The van der Waals surface area contributed by atoms with Crippen molar-refractivity contribution in [2.24, 2.45) is 0 Å². The molecule has 0 aliphatic rings. The molecular weight excluding hydrogens is 366 g/mol. The van der Waals surface area contributed by atoms with Crippen LogP contribution in [0, 0.1) is 10.1 Å². The van der Waals surface area contributed by atoms with Crippen LogP contribution in [0.4, 0.5) is 5.69 Å². The number of benzene rings is 2. The zero-order valence-electron chi connectivity index (χ0n) is 13.9. The van der Waals surface area contributed by atoms with Crippen LogP contribution in [0.1, 0.15) is 5.56 Å². The predicted octanol–water partition coefficient (Wildman–Crippen LogP) is 3.29. The van der Waals surface area contributed by atoms with Crippen molar-refractivity contribution in [1.29, 1.82) is 0 Å². The van der Waals surface area contributed by atoms with Crippen LogP contribution in [-0.4, -0.2) is 24.5 Å². The maximum absolute atomic E-state index is 12.3. The Labute approximate surface area is 157 Å². The third kappa shape index (κ3) is 3.44. The lowest BCUT2D eigenvalue weighted by Crippen LogP contribution is -2.19. The van der Waals surface area contributed by atoms with Crippen molar-refractivity contribution in [3.8, 4) is 11.1 Å². The lowest BCUT2D eigenvalue weighted by atomic mass is 10.1. The smallest absolute Gasteiger partial charge is 0.285 e. The van der Waals surface area contributed by atoms with Gasteiger partial charge in [0.2, 0.25) is 0 Å². The molecule has 0 aliphatic carbocycles. The van der Waals surface area contributed by atoms with Gasteiger partial charge in [0.15, 0.2) is 10.8 Å². The Kier molecular flexibility index (Phi) is 4.43. The summed E-state index contributed by atoms with van der Waals surface area (Å²) in [5, 5.41) is 15.4. The number of nitrogens with one attached hydrogen (secondary N) is 1. The molecule has 0 aliphatic heterocycles. The molecule has 0 amide bonds. The maximum atomic E-state index is 12.3. The highest BCUT2D eigenvalue weighted by Gasteiger charge is 2.13. The Morgan fingerprint density at radius 2 is 1.96 bits per heavy atom. The second-order valence-corrected chi connectivity index (χ2v) is 6.69. The van der Waals surface area contributed by atoms with Crippen LogP contribution in [0.5, 0.6) is 0 Å². The van der Waals surface area contributed by atoms with E-state index in [1.165, 1.54) is 28.4 Å². The fourth-order valence-electron chi connectivity index (χ4n) is 2.67. The molecule has 2 heterocycles. The molecule has 0 fully saturated rings. The van der Waals surface area contributed by atoms with Crippen LogP contribution < -0.4 is 5.69 Å². The largest absolute Gasteiger partial charge is 0.350 e. The summed E-state index contributed by atoms with van der Waals surface area (Å²) in [4.78, 5) is 30.0. The molecule has 134 valence electrons. The minimum absolute atomic E-state index is 0.0344. The Morgan fingerprint density at radius 3 is 2.74 bits per heavy atom. The standard InChI is InChI=1S/C18H13N5O3S/c24-18-21-17(27-11-12-5-4-8-14(9-12)23(25)26)20-16-15(10-19-22(16)18)13-6-2-1-3-7-13/h1-10H,11H2,(H,20,21,24). The van der Waals surface area contributed by atoms with Crippen molar-refractivity contribution in [2.75, 3.05) is 0 Å². The molecule has 0 bridgehead atoms. The number of aromatic amines is 1. The SMILES string of the molecule is O=c1[nH]c(SCc2cccc([N+](=O)[O-])c2)nc2c(-c3ccccc3)cnn12. The molecule has 0 saturated carbocycles. The second-order valence-electron chi connectivity index (χ2n) is 5.72. The van der Waals surface area contributed by atoms with Gasteiger partial charge in [-0.3, -0.25) is 15.1 Å². The molecule has 9 heteroatoms. The van der Waals surface area contributed by atoms with E-state index in [0.29, 0.717) is 16.6 Å². The lowest BCUT2D eigenvalue weighted by Gasteiger charge is -2.03. The van der Waals surface area contributed by atoms with Gasteiger partial charge in [0.25, 0.3) is 5.69 Å². The molecule has 0 spiro atoms. The molecule has 0 unspecified atom stereocenters. The summed E-state index contributed by atoms with van der Waals surface area (Å²) in [6, 6.07) is 16.0. The summed E-state index contributed by atoms with van der Waals surface area (Å²) in [6.45, 7) is 0. The molecule has 1 N–H and O–H groups in total. The minimum atomic E-state index is -0.432. The molecular formula is C18H13N5O3S. The summed E-state index contributed by atoms with van der Waals surface area (Å²) < 4.78 is 1.22. The number of thioether (sulfide) groups is 1. The number of rotatable bonds is 5. The molecule has 4 rings (SSSR count). The molecule has 2 aromatic carbocycles. The summed E-state index contributed by atoms with van der Waals surface area (Å²) >= 11 is 1.30. The highest BCUT2D eigenvalue weighted by Crippen LogP contribution is 2.25. The predicted molar refractivity (Wildman–Crippen MR) is 102 cm³/mol. The van der Waals surface area contributed by atoms with Crippen molar-refractivity contribution in [1.82, 2.24) is 19.6 Å². The van der Waals surface area contributed by atoms with E-state index < -0.39 is 4.92 Å². The van der Waals surface area contributed by atoms with E-state index in [1.54, 1.807) is 18.3 Å². The second kappa shape index (κ2) is 7.04. The van der Waals surface area contributed by atoms with Crippen molar-refractivity contribution in [3.05, 3.63) is 87.0 Å². The van der Waals surface area contributed by atoms with Crippen LogP contribution in [0.15, 0.2) is 70.7 Å². The van der Waals surface area contributed by atoms with E-state index in [-0.39, 0.29) is 11.4 Å². The average molecular weight is 379 g/mol. The van der Waals surface area contributed by atoms with Crippen molar-refractivity contribution >= 4 is 23.1 Å². The van der Waals surface area contributed by atoms with Crippen LogP contribution >= 0.6 is 11.8 Å². The van der Waals surface area contributed by atoms with Gasteiger partial charge >= 0.3 is 5.69 Å². The summed E-state index contributed by atoms with van der Waals surface area (Å²) in [5.41, 5.74) is 2.56. The summed E-state index contributed by atoms with van der Waals surface area (Å²) in [6.07, 6.45) is 1.61. The monoisotopic (exact) mass is 379 g/mol. The number of H-pyrrole nitrogens is 1. The van der Waals surface area contributed by atoms with E-state index >= 15 is 0 Å². The zero-order valence-corrected chi connectivity index (χ0v) is 14.7. The number of fused-ring (bicyclic) bond motifs is 1. The van der Waals surface area contributed by atoms with Gasteiger partial charge < -0.3 is 0 Å². The Balaban J connectivity index is 1.66. The number of hydrogen-bond acceptors (Lipinski definition) is 6. The molecule has 27 heavy (non-hydrogen) atoms. The number of nitrogens with zero attached hydrogens (tertiary/aromatic N) is 4. The highest BCUT2D eigenvalue weighted by molar-refractivity contribution is 7.98. The third-order valence-corrected chi connectivity index (χ3v) is 4.88. The molecule has 0 saturated heterocycles. The van der Waals surface area contributed by atoms with E-state index in [2.05, 4.69) is 15.1 Å². The first kappa shape index (κ1) is 17.0. The Bertz CT molecular complexity index is 1190. The fourth-order valence-corrected chi connectivity index (χ4v) is 3.46. The van der Waals surface area contributed by atoms with Crippen LogP contribution in [0.2, 0.25) is 0 Å². The maximum Gasteiger partial charge on any atom is 0.350 e. The zero-order chi connectivity index (χ0) is 18.8. The van der Waals surface area contributed by atoms with Crippen molar-refractivity contribution < 1.29 is 4.92 Å². The van der Waals surface area contributed by atoms with Gasteiger partial charge in [0.05, 0.1) is 11.1 Å². The van der Waals surface area contributed by atoms with Crippen LogP contribution in [0.25, 0.3) is 16.8 Å². The van der Waals surface area contributed by atoms with Crippen molar-refractivity contribution in [3.63, 3.8) is 0 Å². The minimum Gasteiger partial charge on any atom is -0.285 e. The summed E-state index contributed by atoms with van der Waals surface area (Å²) in [7, 11) is 0. The Morgan fingerprint density at radius 1 is 1.15 bits per heavy atom. The van der Waals surface area contributed by atoms with Gasteiger partial charge in [-0.15, -0.1) is 0 Å². The molecule has 4 aromatic rings. The van der Waals surface area contributed by atoms with Gasteiger partial charge in [-0.1, -0.05) is 54.2 Å². The Hall–Kier alpha value is -3.46. The third-order valence-electron chi connectivity index (χ3n) is 3.94. The van der Waals surface area contributed by atoms with Gasteiger partial charge in [-0.05, 0) is 11.1 Å². The number of nitro groups is 1. The van der Waals surface area contributed by atoms with Gasteiger partial charge in [-0.2, -0.15) is 9.61 Å². The first-order chi connectivity index (χ1) is 13.1. The highest BCUT2D eigenvalue weighted by atomic mass is 32.2. The normalized spacial score (nSPS) is 11.0.